The molecule has 0 saturated carbocycles. The SMILES string of the molecule is O=S(=O)(Nc1ccn(Cc2ccccc2F)n1)c1ccc(Cl)s1. The zero-order valence-electron chi connectivity index (χ0n) is 11.6. The maximum atomic E-state index is 13.6. The minimum absolute atomic E-state index is 0.103. The van der Waals surface area contributed by atoms with Crippen LogP contribution in [0.3, 0.4) is 0 Å². The number of sulfonamides is 1. The van der Waals surface area contributed by atoms with Crippen molar-refractivity contribution in [3.63, 3.8) is 0 Å². The molecule has 0 bridgehead atoms. The molecule has 0 unspecified atom stereocenters. The molecule has 3 rings (SSSR count). The number of anilines is 1. The first-order valence-corrected chi connectivity index (χ1v) is 9.17. The van der Waals surface area contributed by atoms with Crippen molar-refractivity contribution < 1.29 is 12.8 Å². The van der Waals surface area contributed by atoms with E-state index in [-0.39, 0.29) is 22.4 Å². The molecule has 0 amide bonds. The summed E-state index contributed by atoms with van der Waals surface area (Å²) >= 11 is 6.71. The molecule has 0 atom stereocenters. The summed E-state index contributed by atoms with van der Waals surface area (Å²) in [6.45, 7) is 0.208. The minimum Gasteiger partial charge on any atom is -0.266 e. The number of hydrogen-bond acceptors (Lipinski definition) is 4. The number of rotatable bonds is 5. The third-order valence-corrected chi connectivity index (χ3v) is 6.06. The van der Waals surface area contributed by atoms with Crippen molar-refractivity contribution in [2.45, 2.75) is 10.8 Å². The van der Waals surface area contributed by atoms with Crippen LogP contribution in [0.4, 0.5) is 10.2 Å². The summed E-state index contributed by atoms with van der Waals surface area (Å²) in [6.07, 6.45) is 1.58. The number of aromatic nitrogens is 2. The van der Waals surface area contributed by atoms with Crippen molar-refractivity contribution in [1.82, 2.24) is 9.78 Å². The largest absolute Gasteiger partial charge is 0.272 e. The molecule has 3 aromatic rings. The van der Waals surface area contributed by atoms with Crippen LogP contribution in [0.25, 0.3) is 0 Å². The molecule has 2 aromatic heterocycles. The Morgan fingerprint density at radius 2 is 2.00 bits per heavy atom. The number of thiophene rings is 1. The molecule has 0 radical (unpaired) electrons. The maximum absolute atomic E-state index is 13.6. The van der Waals surface area contributed by atoms with Crippen LogP contribution < -0.4 is 4.72 Å². The van der Waals surface area contributed by atoms with Gasteiger partial charge >= 0.3 is 0 Å². The van der Waals surface area contributed by atoms with Crippen molar-refractivity contribution in [3.05, 3.63) is 64.4 Å². The van der Waals surface area contributed by atoms with Gasteiger partial charge in [-0.3, -0.25) is 9.40 Å². The lowest BCUT2D eigenvalue weighted by atomic mass is 10.2. The van der Waals surface area contributed by atoms with Crippen LogP contribution >= 0.6 is 22.9 Å². The average molecular weight is 372 g/mol. The molecular formula is C14H11ClFN3O2S2. The summed E-state index contributed by atoms with van der Waals surface area (Å²) in [6, 6.07) is 10.8. The zero-order chi connectivity index (χ0) is 16.4. The van der Waals surface area contributed by atoms with E-state index in [1.165, 1.54) is 28.9 Å². The van der Waals surface area contributed by atoms with Gasteiger partial charge in [0.05, 0.1) is 10.9 Å². The summed E-state index contributed by atoms with van der Waals surface area (Å²) in [5, 5.41) is 4.10. The number of halogens is 2. The number of benzene rings is 1. The molecule has 0 aliphatic heterocycles. The van der Waals surface area contributed by atoms with Crippen molar-refractivity contribution in [2.24, 2.45) is 0 Å². The Balaban J connectivity index is 1.76. The molecule has 5 nitrogen and oxygen atoms in total. The molecule has 1 N–H and O–H groups in total. The second kappa shape index (κ2) is 6.31. The summed E-state index contributed by atoms with van der Waals surface area (Å²) < 4.78 is 42.3. The van der Waals surface area contributed by atoms with Gasteiger partial charge in [0.1, 0.15) is 10.0 Å². The van der Waals surface area contributed by atoms with E-state index >= 15 is 0 Å². The van der Waals surface area contributed by atoms with Crippen LogP contribution in [0.15, 0.2) is 52.9 Å². The molecule has 23 heavy (non-hydrogen) atoms. The first kappa shape index (κ1) is 16.0. The highest BCUT2D eigenvalue weighted by molar-refractivity contribution is 7.94. The second-order valence-electron chi connectivity index (χ2n) is 4.65. The molecule has 0 fully saturated rings. The van der Waals surface area contributed by atoms with E-state index in [2.05, 4.69) is 9.82 Å². The lowest BCUT2D eigenvalue weighted by Gasteiger charge is -2.04. The number of nitrogens with one attached hydrogen (secondary N) is 1. The van der Waals surface area contributed by atoms with Crippen LogP contribution in [0, 0.1) is 5.82 Å². The monoisotopic (exact) mass is 371 g/mol. The van der Waals surface area contributed by atoms with Crippen LogP contribution in [0.5, 0.6) is 0 Å². The van der Waals surface area contributed by atoms with Gasteiger partial charge < -0.3 is 0 Å². The summed E-state index contributed by atoms with van der Waals surface area (Å²) in [4.78, 5) is 0. The lowest BCUT2D eigenvalue weighted by molar-refractivity contribution is 0.585. The molecule has 0 spiro atoms. The van der Waals surface area contributed by atoms with Gasteiger partial charge in [-0.1, -0.05) is 29.8 Å². The Bertz CT molecular complexity index is 937. The molecule has 1 aromatic carbocycles. The van der Waals surface area contributed by atoms with E-state index in [9.17, 15) is 12.8 Å². The van der Waals surface area contributed by atoms with E-state index in [0.29, 0.717) is 9.90 Å². The maximum Gasteiger partial charge on any atom is 0.272 e. The van der Waals surface area contributed by atoms with Crippen LogP contribution in [0.1, 0.15) is 5.56 Å². The fraction of sp³-hybridized carbons (Fsp3) is 0.0714. The number of nitrogens with zero attached hydrogens (tertiary/aromatic N) is 2. The third kappa shape index (κ3) is 3.72. The van der Waals surface area contributed by atoms with Gasteiger partial charge in [-0.15, -0.1) is 11.3 Å². The Morgan fingerprint density at radius 1 is 1.22 bits per heavy atom. The van der Waals surface area contributed by atoms with Crippen LogP contribution in [-0.2, 0) is 16.6 Å². The Morgan fingerprint density at radius 3 is 2.70 bits per heavy atom. The van der Waals surface area contributed by atoms with Gasteiger partial charge in [-0.25, -0.2) is 12.8 Å². The smallest absolute Gasteiger partial charge is 0.266 e. The van der Waals surface area contributed by atoms with Gasteiger partial charge in [0.25, 0.3) is 10.0 Å². The molecule has 0 aliphatic carbocycles. The van der Waals surface area contributed by atoms with E-state index in [1.54, 1.807) is 24.4 Å². The van der Waals surface area contributed by atoms with Gasteiger partial charge in [-0.2, -0.15) is 5.10 Å². The van der Waals surface area contributed by atoms with E-state index in [1.807, 2.05) is 0 Å². The van der Waals surface area contributed by atoms with Crippen molar-refractivity contribution >= 4 is 38.8 Å². The second-order valence-corrected chi connectivity index (χ2v) is 8.28. The highest BCUT2D eigenvalue weighted by Crippen LogP contribution is 2.26. The summed E-state index contributed by atoms with van der Waals surface area (Å²) in [5.74, 6) is -0.177. The molecule has 0 saturated heterocycles. The van der Waals surface area contributed by atoms with Gasteiger partial charge in [0.2, 0.25) is 0 Å². The Kier molecular flexibility index (Phi) is 4.38. The van der Waals surface area contributed by atoms with E-state index in [0.717, 1.165) is 11.3 Å². The molecule has 120 valence electrons. The molecule has 9 heteroatoms. The molecule has 0 aliphatic rings. The first-order valence-electron chi connectivity index (χ1n) is 6.49. The standard InChI is InChI=1S/C14H11ClFN3O2S2/c15-12-5-6-14(22-12)23(20,21)18-13-7-8-19(17-13)9-10-3-1-2-4-11(10)16/h1-8H,9H2,(H,17,18). The lowest BCUT2D eigenvalue weighted by Crippen LogP contribution is -2.12. The van der Waals surface area contributed by atoms with E-state index < -0.39 is 10.0 Å². The van der Waals surface area contributed by atoms with Gasteiger partial charge in [-0.05, 0) is 18.2 Å². The topological polar surface area (TPSA) is 64.0 Å². The summed E-state index contributed by atoms with van der Waals surface area (Å²) in [7, 11) is -3.73. The van der Waals surface area contributed by atoms with Crippen molar-refractivity contribution in [3.8, 4) is 0 Å². The zero-order valence-corrected chi connectivity index (χ0v) is 14.0. The Labute approximate surface area is 141 Å². The Hall–Kier alpha value is -1.90. The molecule has 2 heterocycles. The van der Waals surface area contributed by atoms with Crippen LogP contribution in [-0.4, -0.2) is 18.2 Å². The van der Waals surface area contributed by atoms with E-state index in [4.69, 9.17) is 11.6 Å². The predicted octanol–water partition coefficient (Wildman–Crippen LogP) is 3.59. The average Bonchev–Trinajstić information content (AvgIpc) is 3.11. The highest BCUT2D eigenvalue weighted by Gasteiger charge is 2.18. The summed E-state index contributed by atoms with van der Waals surface area (Å²) in [5.41, 5.74) is 0.468. The van der Waals surface area contributed by atoms with Crippen molar-refractivity contribution in [2.75, 3.05) is 4.72 Å². The quantitative estimate of drug-likeness (QED) is 0.745. The highest BCUT2D eigenvalue weighted by atomic mass is 35.5. The predicted molar refractivity (Wildman–Crippen MR) is 87.9 cm³/mol. The van der Waals surface area contributed by atoms with Crippen molar-refractivity contribution in [1.29, 1.82) is 0 Å². The van der Waals surface area contributed by atoms with Gasteiger partial charge in [0.15, 0.2) is 5.82 Å². The van der Waals surface area contributed by atoms with Crippen LogP contribution in [0.2, 0.25) is 4.34 Å². The minimum atomic E-state index is -3.73. The number of hydrogen-bond donors (Lipinski definition) is 1. The van der Waals surface area contributed by atoms with Gasteiger partial charge in [0, 0.05) is 17.8 Å². The fourth-order valence-electron chi connectivity index (χ4n) is 1.94. The first-order chi connectivity index (χ1) is 10.9. The third-order valence-electron chi connectivity index (χ3n) is 2.98. The molecular weight excluding hydrogens is 361 g/mol. The normalized spacial score (nSPS) is 11.6. The fourth-order valence-corrected chi connectivity index (χ4v) is 4.41.